The Morgan fingerprint density at radius 1 is 0.805 bits per heavy atom. The third-order valence-corrected chi connectivity index (χ3v) is 5.88. The molecule has 0 atom stereocenters. The van der Waals surface area contributed by atoms with E-state index in [0.29, 0.717) is 28.1 Å². The number of alkyl halides is 5. The van der Waals surface area contributed by atoms with Crippen LogP contribution in [-0.4, -0.2) is 33.0 Å². The van der Waals surface area contributed by atoms with Crippen molar-refractivity contribution in [1.29, 1.82) is 0 Å². The number of hydrogen-bond donors (Lipinski definition) is 1. The van der Waals surface area contributed by atoms with Crippen molar-refractivity contribution in [2.24, 2.45) is 0 Å². The topological polar surface area (TPSA) is 69.0 Å². The van der Waals surface area contributed by atoms with Crippen molar-refractivity contribution < 1.29 is 35.9 Å². The van der Waals surface area contributed by atoms with Crippen LogP contribution in [0, 0.1) is 5.82 Å². The number of amides is 1. The van der Waals surface area contributed by atoms with E-state index in [-0.39, 0.29) is 11.4 Å². The molecule has 6 nitrogen and oxygen atoms in total. The minimum atomic E-state index is -5.85. The third kappa shape index (κ3) is 6.06. The van der Waals surface area contributed by atoms with Gasteiger partial charge in [-0.25, -0.2) is 14.1 Å². The summed E-state index contributed by atoms with van der Waals surface area (Å²) in [7, 11) is 0. The first-order chi connectivity index (χ1) is 19.5. The van der Waals surface area contributed by atoms with Crippen LogP contribution < -0.4 is 10.1 Å². The largest absolute Gasteiger partial charge is 0.499 e. The van der Waals surface area contributed by atoms with E-state index in [4.69, 9.17) is 0 Å². The molecular formula is C29H18F6N4O2. The Morgan fingerprint density at radius 2 is 1.49 bits per heavy atom. The van der Waals surface area contributed by atoms with E-state index in [1.807, 2.05) is 6.07 Å². The van der Waals surface area contributed by atoms with Gasteiger partial charge in [-0.05, 0) is 72.3 Å². The van der Waals surface area contributed by atoms with Crippen LogP contribution in [0.15, 0.2) is 103 Å². The molecule has 5 rings (SSSR count). The highest BCUT2D eigenvalue weighted by Gasteiger charge is 2.61. The maximum atomic E-state index is 14.4. The van der Waals surface area contributed by atoms with Gasteiger partial charge in [0.2, 0.25) is 0 Å². The van der Waals surface area contributed by atoms with Gasteiger partial charge in [0, 0.05) is 22.4 Å². The van der Waals surface area contributed by atoms with E-state index in [2.05, 4.69) is 20.1 Å². The Balaban J connectivity index is 1.26. The van der Waals surface area contributed by atoms with E-state index in [1.54, 1.807) is 48.5 Å². The third-order valence-electron chi connectivity index (χ3n) is 5.88. The van der Waals surface area contributed by atoms with Crippen LogP contribution in [0.5, 0.6) is 5.75 Å². The summed E-state index contributed by atoms with van der Waals surface area (Å²) in [5.74, 6) is -1.27. The Hall–Kier alpha value is -5.13. The Morgan fingerprint density at radius 3 is 2.15 bits per heavy atom. The molecular weight excluding hydrogens is 550 g/mol. The van der Waals surface area contributed by atoms with E-state index in [9.17, 15) is 31.1 Å². The monoisotopic (exact) mass is 568 g/mol. The lowest BCUT2D eigenvalue weighted by Crippen LogP contribution is -2.41. The molecule has 41 heavy (non-hydrogen) atoms. The molecule has 0 radical (unpaired) electrons. The number of benzene rings is 4. The van der Waals surface area contributed by atoms with Crippen LogP contribution in [0.1, 0.15) is 10.4 Å². The Labute approximate surface area is 228 Å². The fraction of sp³-hybridized carbons (Fsp3) is 0.0690. The van der Waals surface area contributed by atoms with Gasteiger partial charge in [0.25, 0.3) is 5.91 Å². The molecule has 0 unspecified atom stereocenters. The number of halogens is 6. The molecule has 1 heterocycles. The summed E-state index contributed by atoms with van der Waals surface area (Å²) in [4.78, 5) is 17.0. The number of rotatable bonds is 7. The first-order valence-electron chi connectivity index (χ1n) is 11.9. The van der Waals surface area contributed by atoms with Gasteiger partial charge < -0.3 is 10.1 Å². The quantitative estimate of drug-likeness (QED) is 0.206. The minimum Gasteiger partial charge on any atom is -0.426 e. The van der Waals surface area contributed by atoms with Gasteiger partial charge in [-0.2, -0.15) is 22.0 Å². The predicted octanol–water partition coefficient (Wildman–Crippen LogP) is 7.53. The fourth-order valence-corrected chi connectivity index (χ4v) is 3.80. The first kappa shape index (κ1) is 27.4. The molecule has 12 heteroatoms. The zero-order chi connectivity index (χ0) is 29.2. The first-order valence-corrected chi connectivity index (χ1v) is 11.9. The summed E-state index contributed by atoms with van der Waals surface area (Å²) < 4.78 is 82.7. The number of hydrogen-bond acceptors (Lipinski definition) is 4. The van der Waals surface area contributed by atoms with Gasteiger partial charge in [0.1, 0.15) is 17.9 Å². The number of nitrogens with one attached hydrogen (secondary N) is 1. The van der Waals surface area contributed by atoms with Crippen molar-refractivity contribution in [3.05, 3.63) is 115 Å². The van der Waals surface area contributed by atoms with Crippen LogP contribution in [0.25, 0.3) is 28.2 Å². The molecule has 0 saturated heterocycles. The predicted molar refractivity (Wildman–Crippen MR) is 138 cm³/mol. The SMILES string of the molecule is O=C(Nc1ccc(-c2ncn(-c3ccc(OC(F)(F)C(F)(F)F)cc3)n2)cc1)c1ccc(F)c(-c2ccccc2)c1. The molecule has 0 bridgehead atoms. The van der Waals surface area contributed by atoms with Gasteiger partial charge in [0.05, 0.1) is 5.69 Å². The zero-order valence-corrected chi connectivity index (χ0v) is 20.7. The van der Waals surface area contributed by atoms with E-state index in [0.717, 1.165) is 12.1 Å². The lowest BCUT2D eigenvalue weighted by molar-refractivity contribution is -0.360. The molecule has 0 fully saturated rings. The van der Waals surface area contributed by atoms with Crippen molar-refractivity contribution in [2.75, 3.05) is 5.32 Å². The second-order valence-electron chi connectivity index (χ2n) is 8.72. The number of aromatic nitrogens is 3. The summed E-state index contributed by atoms with van der Waals surface area (Å²) >= 11 is 0. The molecule has 1 aromatic heterocycles. The number of anilines is 1. The summed E-state index contributed by atoms with van der Waals surface area (Å²) in [6.07, 6.45) is -9.84. The van der Waals surface area contributed by atoms with E-state index >= 15 is 0 Å². The summed E-state index contributed by atoms with van der Waals surface area (Å²) in [6, 6.07) is 23.9. The molecule has 1 N–H and O–H groups in total. The van der Waals surface area contributed by atoms with Crippen LogP contribution in [-0.2, 0) is 0 Å². The highest BCUT2D eigenvalue weighted by atomic mass is 19.4. The standard InChI is InChI=1S/C29H18F6N4O2/c30-25-15-8-20(16-24(25)18-4-2-1-3-5-18)27(40)37-21-9-6-19(7-10-21)26-36-17-39(38-26)22-11-13-23(14-12-22)41-29(34,35)28(31,32)33/h1-17H,(H,37,40). The van der Waals surface area contributed by atoms with Crippen LogP contribution in [0.3, 0.4) is 0 Å². The number of carbonyl (C=O) groups excluding carboxylic acids is 1. The van der Waals surface area contributed by atoms with Crippen molar-refractivity contribution in [3.8, 4) is 34.0 Å². The molecule has 0 spiro atoms. The van der Waals surface area contributed by atoms with E-state index < -0.39 is 29.8 Å². The van der Waals surface area contributed by atoms with Crippen LogP contribution >= 0.6 is 0 Å². The second kappa shape index (κ2) is 10.8. The smallest absolute Gasteiger partial charge is 0.426 e. The van der Waals surface area contributed by atoms with E-state index in [1.165, 1.54) is 41.3 Å². The average molecular weight is 568 g/mol. The summed E-state index contributed by atoms with van der Waals surface area (Å²) in [5.41, 5.74) is 2.60. The summed E-state index contributed by atoms with van der Waals surface area (Å²) in [5, 5.41) is 7.05. The fourth-order valence-electron chi connectivity index (χ4n) is 3.80. The molecule has 0 aliphatic carbocycles. The molecule has 1 amide bonds. The highest BCUT2D eigenvalue weighted by Crippen LogP contribution is 2.37. The van der Waals surface area contributed by atoms with Gasteiger partial charge >= 0.3 is 12.3 Å². The molecule has 4 aromatic carbocycles. The van der Waals surface area contributed by atoms with Gasteiger partial charge in [-0.1, -0.05) is 30.3 Å². The maximum absolute atomic E-state index is 14.4. The van der Waals surface area contributed by atoms with Crippen LogP contribution in [0.2, 0.25) is 0 Å². The highest BCUT2D eigenvalue weighted by molar-refractivity contribution is 6.05. The minimum absolute atomic E-state index is 0.272. The average Bonchev–Trinajstić information content (AvgIpc) is 3.44. The lowest BCUT2D eigenvalue weighted by Gasteiger charge is -2.20. The van der Waals surface area contributed by atoms with Crippen molar-refractivity contribution in [1.82, 2.24) is 14.8 Å². The number of ether oxygens (including phenoxy) is 1. The zero-order valence-electron chi connectivity index (χ0n) is 20.7. The molecule has 0 saturated carbocycles. The van der Waals surface area contributed by atoms with Gasteiger partial charge in [-0.15, -0.1) is 5.10 Å². The van der Waals surface area contributed by atoms with Crippen molar-refractivity contribution in [2.45, 2.75) is 12.3 Å². The number of carbonyl (C=O) groups is 1. The molecule has 208 valence electrons. The Kier molecular flexibility index (Phi) is 7.22. The molecule has 0 aliphatic rings. The summed E-state index contributed by atoms with van der Waals surface area (Å²) in [6.45, 7) is 0. The van der Waals surface area contributed by atoms with Crippen LogP contribution in [0.4, 0.5) is 32.0 Å². The number of nitrogens with zero attached hydrogens (tertiary/aromatic N) is 3. The molecule has 5 aromatic rings. The van der Waals surface area contributed by atoms with Crippen molar-refractivity contribution >= 4 is 11.6 Å². The molecule has 0 aliphatic heterocycles. The Bertz CT molecular complexity index is 1670. The maximum Gasteiger partial charge on any atom is 0.499 e. The van der Waals surface area contributed by atoms with Gasteiger partial charge in [0.15, 0.2) is 5.82 Å². The normalized spacial score (nSPS) is 11.8. The lowest BCUT2D eigenvalue weighted by atomic mass is 10.0. The van der Waals surface area contributed by atoms with Crippen molar-refractivity contribution in [3.63, 3.8) is 0 Å². The second-order valence-corrected chi connectivity index (χ2v) is 8.72. The van der Waals surface area contributed by atoms with Gasteiger partial charge in [-0.3, -0.25) is 4.79 Å².